The molecule has 5 nitrogen and oxygen atoms in total. The molecule has 136 valence electrons. The summed E-state index contributed by atoms with van der Waals surface area (Å²) in [5.74, 6) is 0. The molecule has 1 aliphatic carbocycles. The maximum Gasteiger partial charge on any atom is 0.511 e. The van der Waals surface area contributed by atoms with E-state index >= 15 is 0 Å². The molecular weight excluding hydrogens is 391 g/mol. The molecule has 11 heteroatoms. The van der Waals surface area contributed by atoms with Gasteiger partial charge in [-0.15, -0.1) is 0 Å². The third kappa shape index (κ3) is 4.22. The lowest BCUT2D eigenvalue weighted by molar-refractivity contribution is -0.0452. The van der Waals surface area contributed by atoms with Crippen molar-refractivity contribution in [2.24, 2.45) is 0 Å². The highest BCUT2D eigenvalue weighted by Crippen LogP contribution is 2.31. The maximum absolute atomic E-state index is 12.5. The summed E-state index contributed by atoms with van der Waals surface area (Å²) in [6.07, 6.45) is 0.200. The highest BCUT2D eigenvalue weighted by Gasteiger charge is 2.47. The summed E-state index contributed by atoms with van der Waals surface area (Å²) in [6, 6.07) is 4.70. The molecule has 1 N–H and O–H groups in total. The van der Waals surface area contributed by atoms with E-state index in [0.717, 1.165) is 0 Å². The van der Waals surface area contributed by atoms with E-state index in [1.165, 1.54) is 24.3 Å². The van der Waals surface area contributed by atoms with E-state index in [1.54, 1.807) is 4.72 Å². The van der Waals surface area contributed by atoms with Gasteiger partial charge in [0.1, 0.15) is 0 Å². The standard InChI is InChI=1S/C13H15ClF3NO4S2/c14-9-1-5-11(6-2-9)23(19,20)12-7-3-10(4-8-12)18-24(21,22)13(15,16)17/h1-2,5-6,10,12,18H,3-4,7-8H2. The number of halogens is 4. The van der Waals surface area contributed by atoms with Gasteiger partial charge in [-0.25, -0.2) is 21.6 Å². The largest absolute Gasteiger partial charge is 0.511 e. The Kier molecular flexibility index (Phi) is 5.53. The van der Waals surface area contributed by atoms with E-state index in [4.69, 9.17) is 11.6 Å². The molecule has 0 heterocycles. The van der Waals surface area contributed by atoms with Crippen LogP contribution in [0.1, 0.15) is 25.7 Å². The molecule has 0 radical (unpaired) electrons. The van der Waals surface area contributed by atoms with Crippen molar-refractivity contribution >= 4 is 31.5 Å². The van der Waals surface area contributed by atoms with E-state index in [-0.39, 0.29) is 30.6 Å². The predicted molar refractivity (Wildman–Crippen MR) is 82.8 cm³/mol. The molecule has 0 atom stereocenters. The van der Waals surface area contributed by atoms with E-state index < -0.39 is 36.7 Å². The molecule has 0 spiro atoms. The fourth-order valence-electron chi connectivity index (χ4n) is 2.59. The number of hydrogen-bond donors (Lipinski definition) is 1. The van der Waals surface area contributed by atoms with Crippen LogP contribution in [0.15, 0.2) is 29.2 Å². The van der Waals surface area contributed by atoms with Crippen molar-refractivity contribution in [2.45, 2.75) is 47.4 Å². The summed E-state index contributed by atoms with van der Waals surface area (Å²) in [4.78, 5) is 0.0891. The van der Waals surface area contributed by atoms with E-state index in [0.29, 0.717) is 5.02 Å². The van der Waals surface area contributed by atoms with Crippen LogP contribution >= 0.6 is 11.6 Å². The Balaban J connectivity index is 2.04. The number of benzene rings is 1. The molecule has 0 unspecified atom stereocenters. The monoisotopic (exact) mass is 405 g/mol. The molecule has 1 aromatic carbocycles. The minimum Gasteiger partial charge on any atom is -0.223 e. The average molecular weight is 406 g/mol. The molecular formula is C13H15ClF3NO4S2. The zero-order valence-corrected chi connectivity index (χ0v) is 14.6. The van der Waals surface area contributed by atoms with Crippen molar-refractivity contribution in [3.63, 3.8) is 0 Å². The number of rotatable bonds is 4. The Morgan fingerprint density at radius 2 is 1.46 bits per heavy atom. The molecule has 0 bridgehead atoms. The zero-order chi connectivity index (χ0) is 18.2. The van der Waals surface area contributed by atoms with Gasteiger partial charge in [-0.2, -0.15) is 13.2 Å². The van der Waals surface area contributed by atoms with Gasteiger partial charge in [-0.1, -0.05) is 11.6 Å². The second-order valence-corrected chi connectivity index (χ2v) is 9.91. The van der Waals surface area contributed by atoms with Crippen LogP contribution in [0.4, 0.5) is 13.2 Å². The lowest BCUT2D eigenvalue weighted by Crippen LogP contribution is -2.45. The molecule has 24 heavy (non-hydrogen) atoms. The number of hydrogen-bond acceptors (Lipinski definition) is 4. The molecule has 0 aliphatic heterocycles. The van der Waals surface area contributed by atoms with Crippen LogP contribution < -0.4 is 4.72 Å². The summed E-state index contributed by atoms with van der Waals surface area (Å²) in [5.41, 5.74) is -5.38. The van der Waals surface area contributed by atoms with Gasteiger partial charge in [0.25, 0.3) is 0 Å². The lowest BCUT2D eigenvalue weighted by Gasteiger charge is -2.29. The number of sulfonamides is 1. The summed E-state index contributed by atoms with van der Waals surface area (Å²) in [5, 5.41) is -0.371. The Morgan fingerprint density at radius 1 is 0.958 bits per heavy atom. The molecule has 1 aromatic rings. The molecule has 0 amide bonds. The van der Waals surface area contributed by atoms with Crippen LogP contribution in [0.2, 0.25) is 5.02 Å². The maximum atomic E-state index is 12.5. The summed E-state index contributed by atoms with van der Waals surface area (Å²) in [6.45, 7) is 0. The van der Waals surface area contributed by atoms with Crippen LogP contribution in [-0.2, 0) is 19.9 Å². The fraction of sp³-hybridized carbons (Fsp3) is 0.538. The van der Waals surface area contributed by atoms with Gasteiger partial charge in [0, 0.05) is 11.1 Å². The topological polar surface area (TPSA) is 80.3 Å². The van der Waals surface area contributed by atoms with Crippen LogP contribution in [0.5, 0.6) is 0 Å². The van der Waals surface area contributed by atoms with Crippen LogP contribution in [0, 0.1) is 0 Å². The second kappa shape index (κ2) is 6.81. The van der Waals surface area contributed by atoms with Crippen LogP contribution in [-0.4, -0.2) is 33.6 Å². The Bertz CT molecular complexity index is 784. The first-order chi connectivity index (χ1) is 10.9. The zero-order valence-electron chi connectivity index (χ0n) is 12.3. The first-order valence-electron chi connectivity index (χ1n) is 7.01. The van der Waals surface area contributed by atoms with Crippen LogP contribution in [0.3, 0.4) is 0 Å². The molecule has 0 aromatic heterocycles. The Morgan fingerprint density at radius 3 is 1.92 bits per heavy atom. The summed E-state index contributed by atoms with van der Waals surface area (Å²) in [7, 11) is -9.05. The Hall–Kier alpha value is -0.840. The van der Waals surface area contributed by atoms with E-state index in [1.807, 2.05) is 0 Å². The van der Waals surface area contributed by atoms with Crippen molar-refractivity contribution < 1.29 is 30.0 Å². The normalized spacial score (nSPS) is 23.2. The highest BCUT2D eigenvalue weighted by molar-refractivity contribution is 7.92. The third-order valence-corrected chi connectivity index (χ3v) is 7.67. The highest BCUT2D eigenvalue weighted by atomic mass is 35.5. The SMILES string of the molecule is O=S(=O)(c1ccc(Cl)cc1)C1CCC(NS(=O)(=O)C(F)(F)F)CC1. The lowest BCUT2D eigenvalue weighted by atomic mass is 9.96. The minimum absolute atomic E-state index is 0.0206. The number of nitrogens with one attached hydrogen (secondary N) is 1. The van der Waals surface area contributed by atoms with Gasteiger partial charge in [0.2, 0.25) is 0 Å². The van der Waals surface area contributed by atoms with Crippen molar-refractivity contribution in [1.82, 2.24) is 4.72 Å². The smallest absolute Gasteiger partial charge is 0.223 e. The van der Waals surface area contributed by atoms with Gasteiger partial charge >= 0.3 is 15.5 Å². The molecule has 1 aliphatic rings. The first kappa shape index (κ1) is 19.5. The van der Waals surface area contributed by atoms with Crippen LogP contribution in [0.25, 0.3) is 0 Å². The van der Waals surface area contributed by atoms with Gasteiger partial charge in [-0.05, 0) is 49.9 Å². The van der Waals surface area contributed by atoms with Gasteiger partial charge < -0.3 is 0 Å². The number of alkyl halides is 3. The second-order valence-electron chi connectivity index (χ2n) is 5.54. The Labute approximate surface area is 143 Å². The number of sulfone groups is 1. The predicted octanol–water partition coefficient (Wildman–Crippen LogP) is 2.86. The van der Waals surface area contributed by atoms with Crippen molar-refractivity contribution in [2.75, 3.05) is 0 Å². The third-order valence-electron chi connectivity index (χ3n) is 3.88. The van der Waals surface area contributed by atoms with E-state index in [2.05, 4.69) is 0 Å². The molecule has 2 rings (SSSR count). The molecule has 0 saturated heterocycles. The average Bonchev–Trinajstić information content (AvgIpc) is 2.46. The minimum atomic E-state index is -5.42. The first-order valence-corrected chi connectivity index (χ1v) is 10.4. The fourth-order valence-corrected chi connectivity index (χ4v) is 5.32. The van der Waals surface area contributed by atoms with Gasteiger partial charge in [0.15, 0.2) is 9.84 Å². The van der Waals surface area contributed by atoms with Crippen molar-refractivity contribution in [3.8, 4) is 0 Å². The quantitative estimate of drug-likeness (QED) is 0.835. The molecule has 1 fully saturated rings. The summed E-state index contributed by atoms with van der Waals surface area (Å²) < 4.78 is 85.8. The molecule has 1 saturated carbocycles. The van der Waals surface area contributed by atoms with Gasteiger partial charge in [0.05, 0.1) is 10.1 Å². The van der Waals surface area contributed by atoms with E-state index in [9.17, 15) is 30.0 Å². The summed E-state index contributed by atoms with van der Waals surface area (Å²) >= 11 is 5.71. The van der Waals surface area contributed by atoms with Crippen molar-refractivity contribution in [3.05, 3.63) is 29.3 Å². The van der Waals surface area contributed by atoms with Crippen molar-refractivity contribution in [1.29, 1.82) is 0 Å². The van der Waals surface area contributed by atoms with Gasteiger partial charge in [-0.3, -0.25) is 0 Å².